The number of carbonyl (C=O) groups excluding carboxylic acids is 1. The number of rotatable bonds is 4. The van der Waals surface area contributed by atoms with Crippen molar-refractivity contribution in [3.05, 3.63) is 21.7 Å². The highest BCUT2D eigenvalue weighted by molar-refractivity contribution is 7.89. The van der Waals surface area contributed by atoms with E-state index in [4.69, 9.17) is 32.7 Å². The molecule has 0 fully saturated rings. The van der Waals surface area contributed by atoms with Crippen LogP contribution in [0.15, 0.2) is 11.0 Å². The maximum Gasteiger partial charge on any atom is 0.347 e. The molecule has 1 aliphatic rings. The second kappa shape index (κ2) is 6.00. The molecule has 1 aliphatic heterocycles. The Kier molecular flexibility index (Phi) is 4.67. The maximum absolute atomic E-state index is 11.9. The average Bonchev–Trinajstić information content (AvgIpc) is 2.87. The highest BCUT2D eigenvalue weighted by atomic mass is 35.5. The summed E-state index contributed by atoms with van der Waals surface area (Å²) in [7, 11) is -2.49. The summed E-state index contributed by atoms with van der Waals surface area (Å²) in [5.74, 6) is -0.311. The fourth-order valence-corrected chi connectivity index (χ4v) is 3.59. The molecule has 0 aromatic heterocycles. The fourth-order valence-electron chi connectivity index (χ4n) is 1.97. The van der Waals surface area contributed by atoms with Crippen molar-refractivity contribution in [2.45, 2.75) is 24.3 Å². The second-order valence-corrected chi connectivity index (χ2v) is 6.87. The van der Waals surface area contributed by atoms with Crippen molar-refractivity contribution < 1.29 is 22.7 Å². The highest BCUT2D eigenvalue weighted by Crippen LogP contribution is 2.43. The van der Waals surface area contributed by atoms with Crippen molar-refractivity contribution >= 4 is 39.2 Å². The molecule has 116 valence electrons. The number of fused-ring (bicyclic) bond motifs is 1. The van der Waals surface area contributed by atoms with Gasteiger partial charge in [0.05, 0.1) is 11.6 Å². The van der Waals surface area contributed by atoms with E-state index >= 15 is 0 Å². The van der Waals surface area contributed by atoms with Gasteiger partial charge in [0.2, 0.25) is 10.0 Å². The minimum atomic E-state index is -3.76. The van der Waals surface area contributed by atoms with Crippen LogP contribution >= 0.6 is 23.2 Å². The van der Waals surface area contributed by atoms with Gasteiger partial charge >= 0.3 is 5.97 Å². The van der Waals surface area contributed by atoms with Crippen LogP contribution < -0.4 is 9.46 Å². The van der Waals surface area contributed by atoms with E-state index in [9.17, 15) is 13.2 Å². The quantitative estimate of drug-likeness (QED) is 0.834. The van der Waals surface area contributed by atoms with Crippen LogP contribution in [0, 0.1) is 0 Å². The van der Waals surface area contributed by atoms with Crippen LogP contribution in [0.2, 0.25) is 10.0 Å². The van der Waals surface area contributed by atoms with Gasteiger partial charge < -0.3 is 9.47 Å². The Labute approximate surface area is 132 Å². The summed E-state index contributed by atoms with van der Waals surface area (Å²) < 4.78 is 36.3. The molecule has 1 aromatic carbocycles. The molecule has 0 bridgehead atoms. The average molecular weight is 354 g/mol. The van der Waals surface area contributed by atoms with Crippen molar-refractivity contribution in [3.8, 4) is 5.75 Å². The summed E-state index contributed by atoms with van der Waals surface area (Å²) in [6, 6.07) is 1.36. The molecule has 6 nitrogen and oxygen atoms in total. The zero-order valence-electron chi connectivity index (χ0n) is 11.3. The van der Waals surface area contributed by atoms with Gasteiger partial charge in [-0.1, -0.05) is 23.2 Å². The zero-order valence-corrected chi connectivity index (χ0v) is 13.6. The number of halogens is 2. The standard InChI is InChI=1S/C12H13Cl2NO5S/c1-3-19-12(16)7-4-6-5-8(21(17,18)15-2)9(13)10(14)11(6)20-7/h5,7,15H,3-4H2,1-2H3. The van der Waals surface area contributed by atoms with Gasteiger partial charge in [-0.3, -0.25) is 0 Å². The first-order chi connectivity index (χ1) is 9.81. The highest BCUT2D eigenvalue weighted by Gasteiger charge is 2.35. The van der Waals surface area contributed by atoms with Gasteiger partial charge in [0.1, 0.15) is 15.7 Å². The number of nitrogens with one attached hydrogen (secondary N) is 1. The van der Waals surface area contributed by atoms with Crippen molar-refractivity contribution in [3.63, 3.8) is 0 Å². The molecule has 2 rings (SSSR count). The van der Waals surface area contributed by atoms with Crippen LogP contribution in [0.1, 0.15) is 12.5 Å². The Morgan fingerprint density at radius 1 is 1.48 bits per heavy atom. The molecule has 1 unspecified atom stereocenters. The molecule has 1 N–H and O–H groups in total. The van der Waals surface area contributed by atoms with Gasteiger partial charge in [-0.25, -0.2) is 17.9 Å². The third kappa shape index (κ3) is 2.96. The maximum atomic E-state index is 11.9. The van der Waals surface area contributed by atoms with E-state index in [2.05, 4.69) is 4.72 Å². The van der Waals surface area contributed by atoms with Crippen LogP contribution in [0.3, 0.4) is 0 Å². The predicted molar refractivity (Wildman–Crippen MR) is 77.5 cm³/mol. The lowest BCUT2D eigenvalue weighted by atomic mass is 10.1. The first-order valence-corrected chi connectivity index (χ1v) is 8.33. The lowest BCUT2D eigenvalue weighted by molar-refractivity contribution is -0.150. The predicted octanol–water partition coefficient (Wildman–Crippen LogP) is 1.77. The molecule has 0 saturated heterocycles. The number of hydrogen-bond acceptors (Lipinski definition) is 5. The summed E-state index contributed by atoms with van der Waals surface area (Å²) in [5, 5.41) is -0.177. The topological polar surface area (TPSA) is 81.7 Å². The molecule has 0 saturated carbocycles. The molecule has 1 aromatic rings. The van der Waals surface area contributed by atoms with Crippen molar-refractivity contribution in [2.75, 3.05) is 13.7 Å². The van der Waals surface area contributed by atoms with Crippen LogP contribution in [-0.4, -0.2) is 34.1 Å². The molecule has 1 atom stereocenters. The molecule has 21 heavy (non-hydrogen) atoms. The van der Waals surface area contributed by atoms with Gasteiger partial charge in [0, 0.05) is 12.0 Å². The van der Waals surface area contributed by atoms with E-state index in [0.29, 0.717) is 5.56 Å². The van der Waals surface area contributed by atoms with Crippen LogP contribution in [-0.2, 0) is 26.0 Å². The Hall–Kier alpha value is -1.02. The molecule has 0 amide bonds. The zero-order chi connectivity index (χ0) is 15.8. The summed E-state index contributed by atoms with van der Waals surface area (Å²) in [6.07, 6.45) is -0.668. The van der Waals surface area contributed by atoms with Gasteiger partial charge in [-0.2, -0.15) is 0 Å². The summed E-state index contributed by atoms with van der Waals surface area (Å²) in [6.45, 7) is 1.91. The van der Waals surface area contributed by atoms with Gasteiger partial charge in [0.15, 0.2) is 6.10 Å². The normalized spacial score (nSPS) is 17.2. The van der Waals surface area contributed by atoms with Crippen molar-refractivity contribution in [1.29, 1.82) is 0 Å². The number of hydrogen-bond donors (Lipinski definition) is 1. The van der Waals surface area contributed by atoms with E-state index in [1.165, 1.54) is 13.1 Å². The fraction of sp³-hybridized carbons (Fsp3) is 0.417. The number of ether oxygens (including phenoxy) is 2. The van der Waals surface area contributed by atoms with Crippen LogP contribution in [0.25, 0.3) is 0 Å². The third-order valence-electron chi connectivity index (χ3n) is 2.98. The summed E-state index contributed by atoms with van der Waals surface area (Å²) >= 11 is 12.0. The largest absolute Gasteiger partial charge is 0.476 e. The van der Waals surface area contributed by atoms with E-state index < -0.39 is 22.1 Å². The third-order valence-corrected chi connectivity index (χ3v) is 5.38. The Morgan fingerprint density at radius 2 is 2.14 bits per heavy atom. The Morgan fingerprint density at radius 3 is 2.71 bits per heavy atom. The minimum Gasteiger partial charge on any atom is -0.476 e. The van der Waals surface area contributed by atoms with Gasteiger partial charge in [0.25, 0.3) is 0 Å². The molecule has 9 heteroatoms. The number of benzene rings is 1. The molecule has 1 heterocycles. The first kappa shape index (κ1) is 16.4. The van der Waals surface area contributed by atoms with Crippen molar-refractivity contribution in [2.24, 2.45) is 0 Å². The molecule has 0 aliphatic carbocycles. The molecular weight excluding hydrogens is 341 g/mol. The van der Waals surface area contributed by atoms with E-state index in [0.717, 1.165) is 0 Å². The summed E-state index contributed by atoms with van der Waals surface area (Å²) in [5.41, 5.74) is 0.497. The van der Waals surface area contributed by atoms with E-state index in [1.807, 2.05) is 0 Å². The Bertz CT molecular complexity index is 689. The lowest BCUT2D eigenvalue weighted by Gasteiger charge is -2.11. The van der Waals surface area contributed by atoms with Crippen LogP contribution in [0.4, 0.5) is 0 Å². The van der Waals surface area contributed by atoms with Crippen LogP contribution in [0.5, 0.6) is 5.75 Å². The summed E-state index contributed by atoms with van der Waals surface area (Å²) in [4.78, 5) is 11.5. The number of esters is 1. The minimum absolute atomic E-state index is 0.0326. The molecular formula is C12H13Cl2NO5S. The first-order valence-electron chi connectivity index (χ1n) is 6.09. The number of carbonyl (C=O) groups is 1. The van der Waals surface area contributed by atoms with Crippen molar-refractivity contribution in [1.82, 2.24) is 4.72 Å². The molecule has 0 spiro atoms. The monoisotopic (exact) mass is 353 g/mol. The Balaban J connectivity index is 2.44. The SMILES string of the molecule is CCOC(=O)C1Cc2cc(S(=O)(=O)NC)c(Cl)c(Cl)c2O1. The van der Waals surface area contributed by atoms with Gasteiger partial charge in [-0.05, 0) is 20.0 Å². The van der Waals surface area contributed by atoms with E-state index in [1.54, 1.807) is 6.92 Å². The number of sulfonamides is 1. The lowest BCUT2D eigenvalue weighted by Crippen LogP contribution is -2.27. The smallest absolute Gasteiger partial charge is 0.347 e. The van der Waals surface area contributed by atoms with Gasteiger partial charge in [-0.15, -0.1) is 0 Å². The second-order valence-electron chi connectivity index (χ2n) is 4.26. The molecule has 0 radical (unpaired) electrons. The van der Waals surface area contributed by atoms with E-state index in [-0.39, 0.29) is 33.7 Å².